The number of aliphatic hydroxyl groups excluding tert-OH is 1. The van der Waals surface area contributed by atoms with Crippen LogP contribution >= 0.6 is 0 Å². The van der Waals surface area contributed by atoms with Crippen LogP contribution in [0.3, 0.4) is 0 Å². The Kier molecular flexibility index (Phi) is 3.24. The van der Waals surface area contributed by atoms with Crippen molar-refractivity contribution in [1.29, 1.82) is 0 Å². The number of carboxylic acid groups (broad SMARTS) is 1. The van der Waals surface area contributed by atoms with Gasteiger partial charge in [0.2, 0.25) is 0 Å². The van der Waals surface area contributed by atoms with E-state index in [9.17, 15) is 14.7 Å². The quantitative estimate of drug-likeness (QED) is 0.643. The van der Waals surface area contributed by atoms with Gasteiger partial charge < -0.3 is 20.4 Å². The van der Waals surface area contributed by atoms with Crippen LogP contribution in [0.2, 0.25) is 0 Å². The minimum absolute atomic E-state index is 0.100. The van der Waals surface area contributed by atoms with Gasteiger partial charge in [0.25, 0.3) is 0 Å². The third-order valence-electron chi connectivity index (χ3n) is 3.62. The fourth-order valence-corrected chi connectivity index (χ4v) is 2.28. The number of nitrogens with zero attached hydrogens (tertiary/aromatic N) is 1. The maximum atomic E-state index is 11.8. The van der Waals surface area contributed by atoms with Crippen molar-refractivity contribution >= 4 is 12.0 Å². The Morgan fingerprint density at radius 2 is 2.06 bits per heavy atom. The van der Waals surface area contributed by atoms with E-state index < -0.39 is 18.1 Å². The van der Waals surface area contributed by atoms with Gasteiger partial charge in [0.1, 0.15) is 6.04 Å². The largest absolute Gasteiger partial charge is 0.480 e. The van der Waals surface area contributed by atoms with Crippen molar-refractivity contribution in [3.05, 3.63) is 0 Å². The lowest BCUT2D eigenvalue weighted by molar-refractivity contribution is -0.141. The number of nitrogens with one attached hydrogen (secondary N) is 1. The molecule has 0 aromatic carbocycles. The van der Waals surface area contributed by atoms with Crippen molar-refractivity contribution in [2.75, 3.05) is 13.1 Å². The average Bonchev–Trinajstić information content (AvgIpc) is 2.80. The van der Waals surface area contributed by atoms with E-state index in [0.29, 0.717) is 18.4 Å². The molecule has 6 heteroatoms. The molecule has 4 atom stereocenters. The summed E-state index contributed by atoms with van der Waals surface area (Å²) in [6, 6.07) is -1.28. The number of hydrogen-bond acceptors (Lipinski definition) is 3. The molecule has 1 heterocycles. The van der Waals surface area contributed by atoms with Crippen LogP contribution in [0.4, 0.5) is 4.79 Å². The summed E-state index contributed by atoms with van der Waals surface area (Å²) >= 11 is 0. The summed E-state index contributed by atoms with van der Waals surface area (Å²) in [7, 11) is 0. The monoisotopic (exact) mass is 242 g/mol. The molecule has 2 rings (SSSR count). The lowest BCUT2D eigenvalue weighted by Crippen LogP contribution is -2.46. The van der Waals surface area contributed by atoms with E-state index >= 15 is 0 Å². The lowest BCUT2D eigenvalue weighted by atomic mass is 10.2. The van der Waals surface area contributed by atoms with Crippen molar-refractivity contribution in [2.24, 2.45) is 11.8 Å². The van der Waals surface area contributed by atoms with Crippen LogP contribution < -0.4 is 5.32 Å². The highest BCUT2D eigenvalue weighted by Crippen LogP contribution is 2.36. The molecule has 0 bridgehead atoms. The van der Waals surface area contributed by atoms with Crippen LogP contribution in [-0.4, -0.2) is 52.3 Å². The molecule has 2 fully saturated rings. The van der Waals surface area contributed by atoms with E-state index in [1.807, 2.05) is 0 Å². The molecule has 3 unspecified atom stereocenters. The Hall–Kier alpha value is -1.30. The Morgan fingerprint density at radius 1 is 1.41 bits per heavy atom. The number of carbonyl (C=O) groups is 2. The number of β-amino-alcohol motifs (C(OH)–C–C–N with tert-alkyl or cyclic N) is 1. The van der Waals surface area contributed by atoms with Crippen LogP contribution in [0.5, 0.6) is 0 Å². The number of hydrogen-bond donors (Lipinski definition) is 3. The fourth-order valence-electron chi connectivity index (χ4n) is 2.28. The van der Waals surface area contributed by atoms with Crippen LogP contribution in [0.25, 0.3) is 0 Å². The van der Waals surface area contributed by atoms with Gasteiger partial charge in [-0.15, -0.1) is 0 Å². The van der Waals surface area contributed by atoms with Crippen LogP contribution in [0.15, 0.2) is 0 Å². The highest BCUT2D eigenvalue weighted by atomic mass is 16.4. The number of urea groups is 1. The van der Waals surface area contributed by atoms with Crippen LogP contribution in [0, 0.1) is 11.8 Å². The smallest absolute Gasteiger partial charge is 0.326 e. The van der Waals surface area contributed by atoms with Gasteiger partial charge in [-0.2, -0.15) is 0 Å². The number of rotatable bonds is 3. The van der Waals surface area contributed by atoms with Gasteiger partial charge in [0.05, 0.1) is 6.10 Å². The molecule has 1 saturated heterocycles. The van der Waals surface area contributed by atoms with Gasteiger partial charge in [-0.05, 0) is 18.3 Å². The standard InChI is InChI=1S/C11H18N2O4/c1-6-2-7(6)4-12-11(17)13-5-8(14)3-9(13)10(15)16/h6-9,14H,2-5H2,1H3,(H,12,17)(H,15,16)/t6?,7?,8?,9-/m0/s1. The molecule has 0 spiro atoms. The maximum absolute atomic E-state index is 11.8. The number of carbonyl (C=O) groups excluding carboxylic acids is 1. The van der Waals surface area contributed by atoms with Crippen molar-refractivity contribution in [1.82, 2.24) is 10.2 Å². The number of carboxylic acids is 1. The van der Waals surface area contributed by atoms with E-state index in [2.05, 4.69) is 12.2 Å². The van der Waals surface area contributed by atoms with Gasteiger partial charge in [0, 0.05) is 19.5 Å². The van der Waals surface area contributed by atoms with Crippen molar-refractivity contribution in [3.63, 3.8) is 0 Å². The molecule has 17 heavy (non-hydrogen) atoms. The summed E-state index contributed by atoms with van der Waals surface area (Å²) in [4.78, 5) is 23.9. The predicted molar refractivity (Wildman–Crippen MR) is 59.4 cm³/mol. The molecule has 6 nitrogen and oxygen atoms in total. The van der Waals surface area contributed by atoms with E-state index in [0.717, 1.165) is 6.42 Å². The number of amides is 2. The first-order chi connectivity index (χ1) is 7.99. The molecule has 2 aliphatic rings. The average molecular weight is 242 g/mol. The molecular formula is C11H18N2O4. The van der Waals surface area contributed by atoms with E-state index in [-0.39, 0.29) is 19.0 Å². The molecular weight excluding hydrogens is 224 g/mol. The second kappa shape index (κ2) is 4.52. The van der Waals surface area contributed by atoms with E-state index in [1.54, 1.807) is 0 Å². The van der Waals surface area contributed by atoms with Crippen molar-refractivity contribution in [2.45, 2.75) is 31.9 Å². The maximum Gasteiger partial charge on any atom is 0.326 e. The zero-order chi connectivity index (χ0) is 12.6. The molecule has 1 aliphatic carbocycles. The predicted octanol–water partition coefficient (Wildman–Crippen LogP) is -0.128. The van der Waals surface area contributed by atoms with Crippen LogP contribution in [0.1, 0.15) is 19.8 Å². The van der Waals surface area contributed by atoms with Crippen molar-refractivity contribution in [3.8, 4) is 0 Å². The number of aliphatic carboxylic acids is 1. The molecule has 96 valence electrons. The van der Waals surface area contributed by atoms with E-state index in [4.69, 9.17) is 5.11 Å². The first-order valence-electron chi connectivity index (χ1n) is 5.94. The summed E-state index contributed by atoms with van der Waals surface area (Å²) in [5.41, 5.74) is 0. The molecule has 3 N–H and O–H groups in total. The molecule has 1 aliphatic heterocycles. The van der Waals surface area contributed by atoms with E-state index in [1.165, 1.54) is 4.90 Å². The second-order valence-corrected chi connectivity index (χ2v) is 5.06. The van der Waals surface area contributed by atoms with Crippen molar-refractivity contribution < 1.29 is 19.8 Å². The van der Waals surface area contributed by atoms with Gasteiger partial charge >= 0.3 is 12.0 Å². The zero-order valence-electron chi connectivity index (χ0n) is 9.80. The molecule has 2 amide bonds. The first kappa shape index (κ1) is 12.2. The number of aliphatic hydroxyl groups is 1. The molecule has 0 radical (unpaired) electrons. The minimum atomic E-state index is -1.06. The van der Waals surface area contributed by atoms with Gasteiger partial charge in [-0.25, -0.2) is 9.59 Å². The zero-order valence-corrected chi connectivity index (χ0v) is 9.80. The fraction of sp³-hybridized carbons (Fsp3) is 0.818. The molecule has 1 saturated carbocycles. The summed E-state index contributed by atoms with van der Waals surface area (Å²) in [5, 5.41) is 21.1. The third-order valence-corrected chi connectivity index (χ3v) is 3.62. The Morgan fingerprint density at radius 3 is 2.59 bits per heavy atom. The van der Waals surface area contributed by atoms with Gasteiger partial charge in [-0.1, -0.05) is 6.92 Å². The van der Waals surface area contributed by atoms with Crippen LogP contribution in [-0.2, 0) is 4.79 Å². The van der Waals surface area contributed by atoms with Gasteiger partial charge in [-0.3, -0.25) is 0 Å². The normalized spacial score (nSPS) is 35.8. The topological polar surface area (TPSA) is 89.9 Å². The minimum Gasteiger partial charge on any atom is -0.480 e. The summed E-state index contributed by atoms with van der Waals surface area (Å²) < 4.78 is 0. The number of likely N-dealkylation sites (tertiary alicyclic amines) is 1. The molecule has 0 aromatic heterocycles. The first-order valence-corrected chi connectivity index (χ1v) is 5.94. The highest BCUT2D eigenvalue weighted by Gasteiger charge is 2.40. The molecule has 0 aromatic rings. The van der Waals surface area contributed by atoms with Gasteiger partial charge in [0.15, 0.2) is 0 Å². The highest BCUT2D eigenvalue weighted by molar-refractivity contribution is 5.83. The third kappa shape index (κ3) is 2.69. The Balaban J connectivity index is 1.86. The summed E-state index contributed by atoms with van der Waals surface area (Å²) in [6.45, 7) is 2.82. The second-order valence-electron chi connectivity index (χ2n) is 5.06. The SMILES string of the molecule is CC1CC1CNC(=O)N1CC(O)C[C@H]1C(=O)O. The Bertz CT molecular complexity index is 333. The summed E-state index contributed by atoms with van der Waals surface area (Å²) in [5.74, 6) is 0.112. The Labute approximate surface area is 99.6 Å². The lowest BCUT2D eigenvalue weighted by Gasteiger charge is -2.21. The summed E-state index contributed by atoms with van der Waals surface area (Å²) in [6.07, 6.45) is 0.495.